The lowest BCUT2D eigenvalue weighted by molar-refractivity contribution is 0.192. The van der Waals surface area contributed by atoms with Gasteiger partial charge in [-0.1, -0.05) is 6.07 Å². The summed E-state index contributed by atoms with van der Waals surface area (Å²) in [5.41, 5.74) is 6.89. The van der Waals surface area contributed by atoms with Gasteiger partial charge in [-0.3, -0.25) is 4.90 Å². The lowest BCUT2D eigenvalue weighted by Crippen LogP contribution is -2.46. The summed E-state index contributed by atoms with van der Waals surface area (Å²) in [6, 6.07) is 5.41. The molecule has 0 aromatic heterocycles. The van der Waals surface area contributed by atoms with E-state index in [9.17, 15) is 4.39 Å². The second-order valence-electron chi connectivity index (χ2n) is 5.50. The van der Waals surface area contributed by atoms with Crippen molar-refractivity contribution in [1.29, 1.82) is 0 Å². The van der Waals surface area contributed by atoms with Gasteiger partial charge in [-0.25, -0.2) is 4.39 Å². The highest BCUT2D eigenvalue weighted by atomic mass is 79.9. The molecule has 1 aliphatic heterocycles. The Labute approximate surface area is 127 Å². The molecule has 0 aliphatic carbocycles. The monoisotopic (exact) mass is 346 g/mol. The molecular weight excluding hydrogens is 327 g/mol. The molecule has 5 heteroatoms. The van der Waals surface area contributed by atoms with Gasteiger partial charge >= 0.3 is 0 Å². The molecule has 1 saturated heterocycles. The summed E-state index contributed by atoms with van der Waals surface area (Å²) in [4.78, 5) is 2.37. The molecular formula is C14H20BrFN2S. The van der Waals surface area contributed by atoms with Gasteiger partial charge in [0.1, 0.15) is 5.82 Å². The van der Waals surface area contributed by atoms with Crippen LogP contribution in [0.2, 0.25) is 0 Å². The van der Waals surface area contributed by atoms with Crippen LogP contribution in [0.25, 0.3) is 0 Å². The number of nitrogens with zero attached hydrogens (tertiary/aromatic N) is 1. The molecule has 2 nitrogen and oxygen atoms in total. The summed E-state index contributed by atoms with van der Waals surface area (Å²) >= 11 is 5.18. The molecule has 19 heavy (non-hydrogen) atoms. The third-order valence-corrected chi connectivity index (χ3v) is 5.39. The van der Waals surface area contributed by atoms with Crippen molar-refractivity contribution in [1.82, 2.24) is 4.90 Å². The van der Waals surface area contributed by atoms with E-state index >= 15 is 0 Å². The molecule has 2 rings (SSSR count). The van der Waals surface area contributed by atoms with Gasteiger partial charge in [-0.05, 0) is 47.5 Å². The third-order valence-electron chi connectivity index (χ3n) is 3.45. The summed E-state index contributed by atoms with van der Waals surface area (Å²) < 4.78 is 14.4. The minimum atomic E-state index is -0.221. The zero-order valence-corrected chi connectivity index (χ0v) is 13.7. The molecule has 1 fully saturated rings. The Morgan fingerprint density at radius 3 is 2.84 bits per heavy atom. The minimum Gasteiger partial charge on any atom is -0.329 e. The van der Waals surface area contributed by atoms with Gasteiger partial charge in [0.05, 0.1) is 4.47 Å². The van der Waals surface area contributed by atoms with E-state index in [1.54, 1.807) is 12.1 Å². The van der Waals surface area contributed by atoms with Crippen LogP contribution in [-0.4, -0.2) is 35.0 Å². The van der Waals surface area contributed by atoms with Crippen molar-refractivity contribution < 1.29 is 4.39 Å². The van der Waals surface area contributed by atoms with Gasteiger partial charge in [0.2, 0.25) is 0 Å². The molecule has 0 bridgehead atoms. The lowest BCUT2D eigenvalue weighted by atomic mass is 10.0. The molecule has 0 radical (unpaired) electrons. The summed E-state index contributed by atoms with van der Waals surface area (Å²) in [6.07, 6.45) is 0. The normalized spacial score (nSPS) is 21.3. The highest BCUT2D eigenvalue weighted by Gasteiger charge is 2.31. The maximum Gasteiger partial charge on any atom is 0.137 e. The van der Waals surface area contributed by atoms with Crippen LogP contribution in [0.4, 0.5) is 4.39 Å². The number of rotatable bonds is 3. The molecule has 106 valence electrons. The van der Waals surface area contributed by atoms with E-state index in [2.05, 4.69) is 34.7 Å². The van der Waals surface area contributed by atoms with Crippen molar-refractivity contribution in [2.45, 2.75) is 24.6 Å². The first-order valence-corrected chi connectivity index (χ1v) is 8.24. The molecule has 1 atom stereocenters. The summed E-state index contributed by atoms with van der Waals surface area (Å²) in [5, 5.41) is 0. The highest BCUT2D eigenvalue weighted by molar-refractivity contribution is 9.10. The number of hydrogen-bond acceptors (Lipinski definition) is 3. The first-order chi connectivity index (χ1) is 8.93. The average molecular weight is 347 g/mol. The Balaban J connectivity index is 2.21. The Hall–Kier alpha value is -0.100. The van der Waals surface area contributed by atoms with Crippen LogP contribution in [0.5, 0.6) is 0 Å². The number of benzene rings is 1. The molecule has 1 aliphatic rings. The maximum atomic E-state index is 13.7. The number of thioether (sulfide) groups is 1. The van der Waals surface area contributed by atoms with Crippen molar-refractivity contribution in [3.63, 3.8) is 0 Å². The van der Waals surface area contributed by atoms with Gasteiger partial charge in [0, 0.05) is 36.2 Å². The fourth-order valence-electron chi connectivity index (χ4n) is 2.53. The average Bonchev–Trinajstić information content (AvgIpc) is 2.33. The second kappa shape index (κ2) is 6.12. The maximum absolute atomic E-state index is 13.7. The fraction of sp³-hybridized carbons (Fsp3) is 0.571. The van der Waals surface area contributed by atoms with Crippen LogP contribution >= 0.6 is 27.7 Å². The number of halogens is 2. The summed E-state index contributed by atoms with van der Waals surface area (Å²) in [7, 11) is 0. The topological polar surface area (TPSA) is 29.3 Å². The van der Waals surface area contributed by atoms with Gasteiger partial charge < -0.3 is 5.73 Å². The zero-order chi connectivity index (χ0) is 14.0. The summed E-state index contributed by atoms with van der Waals surface area (Å²) in [5.74, 6) is 0.879. The molecule has 1 heterocycles. The van der Waals surface area contributed by atoms with Gasteiger partial charge in [0.15, 0.2) is 0 Å². The van der Waals surface area contributed by atoms with Crippen LogP contribution in [0.3, 0.4) is 0 Å². The van der Waals surface area contributed by atoms with E-state index in [1.807, 2.05) is 17.8 Å². The van der Waals surface area contributed by atoms with Crippen molar-refractivity contribution in [2.75, 3.05) is 25.4 Å². The van der Waals surface area contributed by atoms with Gasteiger partial charge in [-0.15, -0.1) is 0 Å². The lowest BCUT2D eigenvalue weighted by Gasteiger charge is -2.41. The van der Waals surface area contributed by atoms with Crippen LogP contribution in [0, 0.1) is 5.82 Å². The summed E-state index contributed by atoms with van der Waals surface area (Å²) in [6.45, 7) is 7.01. The number of hydrogen-bond donors (Lipinski definition) is 1. The van der Waals surface area contributed by atoms with Crippen LogP contribution in [0.15, 0.2) is 22.7 Å². The molecule has 1 aromatic rings. The minimum absolute atomic E-state index is 0.0998. The SMILES string of the molecule is CC1(C)CN(C(CN)c2ccc(Br)c(F)c2)CCS1. The largest absolute Gasteiger partial charge is 0.329 e. The van der Waals surface area contributed by atoms with Crippen molar-refractivity contribution >= 4 is 27.7 Å². The van der Waals surface area contributed by atoms with Gasteiger partial charge in [0.25, 0.3) is 0 Å². The Morgan fingerprint density at radius 2 is 2.26 bits per heavy atom. The van der Waals surface area contributed by atoms with E-state index in [0.29, 0.717) is 11.0 Å². The van der Waals surface area contributed by atoms with E-state index < -0.39 is 0 Å². The molecule has 0 amide bonds. The fourth-order valence-corrected chi connectivity index (χ4v) is 3.92. The Bertz CT molecular complexity index is 453. The number of nitrogens with two attached hydrogens (primary N) is 1. The molecule has 0 saturated carbocycles. The van der Waals surface area contributed by atoms with Crippen molar-refractivity contribution in [3.8, 4) is 0 Å². The van der Waals surface area contributed by atoms with E-state index in [1.165, 1.54) is 0 Å². The van der Waals surface area contributed by atoms with Crippen molar-refractivity contribution in [2.24, 2.45) is 5.73 Å². The first kappa shape index (κ1) is 15.3. The van der Waals surface area contributed by atoms with E-state index in [-0.39, 0.29) is 16.6 Å². The zero-order valence-electron chi connectivity index (χ0n) is 11.3. The standard InChI is InChI=1S/C14H20BrFN2S/c1-14(2)9-18(5-6-19-14)13(8-17)10-3-4-11(15)12(16)7-10/h3-4,7,13H,5-6,8-9,17H2,1-2H3. The predicted octanol–water partition coefficient (Wildman–Crippen LogP) is 3.42. The predicted molar refractivity (Wildman–Crippen MR) is 84.0 cm³/mol. The van der Waals surface area contributed by atoms with Crippen LogP contribution in [0.1, 0.15) is 25.5 Å². The second-order valence-corrected chi connectivity index (χ2v) is 8.16. The molecule has 0 spiro atoms. The molecule has 1 aromatic carbocycles. The van der Waals surface area contributed by atoms with Gasteiger partial charge in [-0.2, -0.15) is 11.8 Å². The third kappa shape index (κ3) is 3.72. The Kier molecular flexibility index (Phi) is 4.93. The van der Waals surface area contributed by atoms with Crippen molar-refractivity contribution in [3.05, 3.63) is 34.1 Å². The van der Waals surface area contributed by atoms with Crippen LogP contribution in [-0.2, 0) is 0 Å². The van der Waals surface area contributed by atoms with Crippen LogP contribution < -0.4 is 5.73 Å². The van der Waals surface area contributed by atoms with E-state index in [0.717, 1.165) is 24.4 Å². The van der Waals surface area contributed by atoms with E-state index in [4.69, 9.17) is 5.73 Å². The first-order valence-electron chi connectivity index (χ1n) is 6.46. The highest BCUT2D eigenvalue weighted by Crippen LogP contribution is 2.34. The smallest absolute Gasteiger partial charge is 0.137 e. The Morgan fingerprint density at radius 1 is 1.53 bits per heavy atom. The molecule has 2 N–H and O–H groups in total. The molecule has 1 unspecified atom stereocenters. The quantitative estimate of drug-likeness (QED) is 0.909.